The third kappa shape index (κ3) is 3.12. The molecular weight excluding hydrogens is 244 g/mol. The lowest BCUT2D eigenvalue weighted by Gasteiger charge is -2.32. The van der Waals surface area contributed by atoms with E-state index in [0.717, 1.165) is 13.1 Å². The molecule has 1 aliphatic heterocycles. The van der Waals surface area contributed by atoms with E-state index in [2.05, 4.69) is 16.8 Å². The maximum Gasteiger partial charge on any atom is 0.328 e. The molecule has 0 aliphatic carbocycles. The molecule has 1 fully saturated rings. The summed E-state index contributed by atoms with van der Waals surface area (Å²) >= 11 is 0. The van der Waals surface area contributed by atoms with Gasteiger partial charge in [-0.25, -0.2) is 4.79 Å². The predicted molar refractivity (Wildman–Crippen MR) is 70.9 cm³/mol. The van der Waals surface area contributed by atoms with Crippen LogP contribution in [0.15, 0.2) is 15.8 Å². The summed E-state index contributed by atoms with van der Waals surface area (Å²) in [4.78, 5) is 27.5. The SMILES string of the molecule is CC(Cn1cc(C#N)c(=O)[nH]c1=O)N1CCCCC1. The van der Waals surface area contributed by atoms with E-state index in [1.165, 1.54) is 30.0 Å². The lowest BCUT2D eigenvalue weighted by Crippen LogP contribution is -2.42. The van der Waals surface area contributed by atoms with Crippen LogP contribution in [0.2, 0.25) is 0 Å². The molecule has 1 unspecified atom stereocenters. The first kappa shape index (κ1) is 13.6. The molecule has 0 saturated carbocycles. The molecule has 102 valence electrons. The number of aromatic amines is 1. The van der Waals surface area contributed by atoms with Crippen molar-refractivity contribution in [2.75, 3.05) is 13.1 Å². The predicted octanol–water partition coefficient (Wildman–Crippen LogP) is 0.283. The Kier molecular flexibility index (Phi) is 4.17. The van der Waals surface area contributed by atoms with Crippen molar-refractivity contribution in [3.8, 4) is 6.07 Å². The number of hydrogen-bond acceptors (Lipinski definition) is 4. The maximum absolute atomic E-state index is 11.7. The second kappa shape index (κ2) is 5.85. The lowest BCUT2D eigenvalue weighted by atomic mass is 10.1. The quantitative estimate of drug-likeness (QED) is 0.848. The van der Waals surface area contributed by atoms with Crippen LogP contribution in [0.1, 0.15) is 31.7 Å². The van der Waals surface area contributed by atoms with Crippen molar-refractivity contribution in [3.05, 3.63) is 32.6 Å². The number of likely N-dealkylation sites (tertiary alicyclic amines) is 1. The Balaban J connectivity index is 2.16. The monoisotopic (exact) mass is 262 g/mol. The van der Waals surface area contributed by atoms with Gasteiger partial charge in [0.05, 0.1) is 0 Å². The molecule has 1 saturated heterocycles. The third-order valence-electron chi connectivity index (χ3n) is 3.61. The van der Waals surface area contributed by atoms with Crippen LogP contribution in [0, 0.1) is 11.3 Å². The van der Waals surface area contributed by atoms with E-state index in [4.69, 9.17) is 5.26 Å². The van der Waals surface area contributed by atoms with E-state index in [9.17, 15) is 9.59 Å². The summed E-state index contributed by atoms with van der Waals surface area (Å²) in [5.41, 5.74) is -1.09. The molecule has 1 aliphatic rings. The van der Waals surface area contributed by atoms with Crippen LogP contribution < -0.4 is 11.2 Å². The van der Waals surface area contributed by atoms with Crippen molar-refractivity contribution in [2.45, 2.75) is 38.8 Å². The molecule has 1 N–H and O–H groups in total. The number of nitriles is 1. The van der Waals surface area contributed by atoms with Crippen LogP contribution in [-0.4, -0.2) is 33.6 Å². The van der Waals surface area contributed by atoms with Crippen LogP contribution in [-0.2, 0) is 6.54 Å². The van der Waals surface area contributed by atoms with Crippen molar-refractivity contribution >= 4 is 0 Å². The Bertz CT molecular complexity index is 590. The molecule has 1 atom stereocenters. The normalized spacial score (nSPS) is 17.9. The standard InChI is InChI=1S/C13H18N4O2/c1-10(16-5-3-2-4-6-16)8-17-9-11(7-14)12(18)15-13(17)19/h9-10H,2-6,8H2,1H3,(H,15,18,19). The maximum atomic E-state index is 11.7. The Morgan fingerprint density at radius 1 is 1.37 bits per heavy atom. The molecule has 1 aromatic rings. The van der Waals surface area contributed by atoms with Gasteiger partial charge in [0, 0.05) is 18.8 Å². The fourth-order valence-electron chi connectivity index (χ4n) is 2.48. The molecule has 0 amide bonds. The Morgan fingerprint density at radius 2 is 2.05 bits per heavy atom. The minimum Gasteiger partial charge on any atom is -0.299 e. The summed E-state index contributed by atoms with van der Waals surface area (Å²) in [5, 5.41) is 8.82. The van der Waals surface area contributed by atoms with Crippen molar-refractivity contribution in [1.29, 1.82) is 5.26 Å². The number of nitrogens with zero attached hydrogens (tertiary/aromatic N) is 3. The number of hydrogen-bond donors (Lipinski definition) is 1. The zero-order valence-electron chi connectivity index (χ0n) is 11.1. The number of piperidine rings is 1. The van der Waals surface area contributed by atoms with Crippen molar-refractivity contribution in [2.24, 2.45) is 0 Å². The molecular formula is C13H18N4O2. The first-order chi connectivity index (χ1) is 9.11. The minimum absolute atomic E-state index is 0.0227. The highest BCUT2D eigenvalue weighted by Gasteiger charge is 2.17. The second-order valence-corrected chi connectivity index (χ2v) is 5.01. The van der Waals surface area contributed by atoms with E-state index >= 15 is 0 Å². The summed E-state index contributed by atoms with van der Waals surface area (Å²) < 4.78 is 1.42. The van der Waals surface area contributed by atoms with Crippen LogP contribution in [0.4, 0.5) is 0 Å². The number of aromatic nitrogens is 2. The topological polar surface area (TPSA) is 81.9 Å². The van der Waals surface area contributed by atoms with Gasteiger partial charge in [-0.15, -0.1) is 0 Å². The van der Waals surface area contributed by atoms with Crippen molar-refractivity contribution in [3.63, 3.8) is 0 Å². The first-order valence-electron chi connectivity index (χ1n) is 6.59. The number of H-pyrrole nitrogens is 1. The molecule has 1 aromatic heterocycles. The smallest absolute Gasteiger partial charge is 0.299 e. The summed E-state index contributed by atoms with van der Waals surface area (Å²) in [6.07, 6.45) is 4.99. The van der Waals surface area contributed by atoms with Crippen LogP contribution in [0.3, 0.4) is 0 Å². The fourth-order valence-corrected chi connectivity index (χ4v) is 2.48. The van der Waals surface area contributed by atoms with Gasteiger partial charge in [0.1, 0.15) is 11.6 Å². The molecule has 6 nitrogen and oxygen atoms in total. The van der Waals surface area contributed by atoms with Gasteiger partial charge in [-0.2, -0.15) is 5.26 Å². The summed E-state index contributed by atoms with van der Waals surface area (Å²) in [7, 11) is 0. The van der Waals surface area contributed by atoms with Crippen LogP contribution >= 0.6 is 0 Å². The molecule has 19 heavy (non-hydrogen) atoms. The van der Waals surface area contributed by atoms with Gasteiger partial charge >= 0.3 is 5.69 Å². The first-order valence-corrected chi connectivity index (χ1v) is 6.59. The second-order valence-electron chi connectivity index (χ2n) is 5.01. The van der Waals surface area contributed by atoms with Crippen molar-refractivity contribution < 1.29 is 0 Å². The van der Waals surface area contributed by atoms with Gasteiger partial charge < -0.3 is 0 Å². The highest BCUT2D eigenvalue weighted by atomic mass is 16.2. The fraction of sp³-hybridized carbons (Fsp3) is 0.615. The molecule has 0 aromatic carbocycles. The van der Waals surface area contributed by atoms with E-state index < -0.39 is 11.2 Å². The van der Waals surface area contributed by atoms with Crippen LogP contribution in [0.25, 0.3) is 0 Å². The van der Waals surface area contributed by atoms with Gasteiger partial charge in [0.2, 0.25) is 0 Å². The zero-order chi connectivity index (χ0) is 13.8. The summed E-state index contributed by atoms with van der Waals surface area (Å²) in [6, 6.07) is 2.02. The van der Waals surface area contributed by atoms with Crippen molar-refractivity contribution in [1.82, 2.24) is 14.5 Å². The molecule has 2 rings (SSSR count). The Morgan fingerprint density at radius 3 is 2.68 bits per heavy atom. The molecule has 0 bridgehead atoms. The van der Waals surface area contributed by atoms with E-state index in [1.54, 1.807) is 6.07 Å². The van der Waals surface area contributed by atoms with E-state index in [0.29, 0.717) is 6.54 Å². The number of nitrogens with one attached hydrogen (secondary N) is 1. The highest BCUT2D eigenvalue weighted by molar-refractivity contribution is 5.21. The minimum atomic E-state index is -0.616. The lowest BCUT2D eigenvalue weighted by molar-refractivity contribution is 0.158. The van der Waals surface area contributed by atoms with Crippen LogP contribution in [0.5, 0.6) is 0 Å². The van der Waals surface area contributed by atoms with Gasteiger partial charge in [-0.3, -0.25) is 19.2 Å². The molecule has 6 heteroatoms. The van der Waals surface area contributed by atoms with Gasteiger partial charge in [-0.05, 0) is 32.9 Å². The van der Waals surface area contributed by atoms with Gasteiger partial charge in [0.25, 0.3) is 5.56 Å². The average molecular weight is 262 g/mol. The molecule has 2 heterocycles. The largest absolute Gasteiger partial charge is 0.328 e. The Labute approximate surface area is 111 Å². The molecule has 0 spiro atoms. The van der Waals surface area contributed by atoms with Gasteiger partial charge in [-0.1, -0.05) is 6.42 Å². The zero-order valence-corrected chi connectivity index (χ0v) is 11.1. The summed E-state index contributed by atoms with van der Waals surface area (Å²) in [6.45, 7) is 4.65. The average Bonchev–Trinajstić information content (AvgIpc) is 2.42. The Hall–Kier alpha value is -1.87. The summed E-state index contributed by atoms with van der Waals surface area (Å²) in [5.74, 6) is 0. The van der Waals surface area contributed by atoms with Gasteiger partial charge in [0.15, 0.2) is 0 Å². The van der Waals surface area contributed by atoms with E-state index in [1.807, 2.05) is 0 Å². The number of rotatable bonds is 3. The molecule has 0 radical (unpaired) electrons. The third-order valence-corrected chi connectivity index (χ3v) is 3.61. The highest BCUT2D eigenvalue weighted by Crippen LogP contribution is 2.12. The van der Waals surface area contributed by atoms with E-state index in [-0.39, 0.29) is 11.6 Å².